The molecule has 1 N–H and O–H groups in total. The second kappa shape index (κ2) is 6.79. The monoisotopic (exact) mass is 312 g/mol. The third-order valence-electron chi connectivity index (χ3n) is 3.85. The molecule has 2 unspecified atom stereocenters. The lowest BCUT2D eigenvalue weighted by molar-refractivity contribution is -0.156. The van der Waals surface area contributed by atoms with Gasteiger partial charge in [-0.05, 0) is 26.7 Å². The van der Waals surface area contributed by atoms with Gasteiger partial charge in [0.1, 0.15) is 11.4 Å². The van der Waals surface area contributed by atoms with Crippen LogP contribution in [0.3, 0.4) is 0 Å². The Labute approximate surface area is 123 Å². The molecule has 0 spiro atoms. The third-order valence-corrected chi connectivity index (χ3v) is 3.85. The molecule has 0 aromatic rings. The van der Waals surface area contributed by atoms with Crippen LogP contribution >= 0.6 is 0 Å². The number of aliphatic hydroxyl groups excluding tert-OH is 1. The van der Waals surface area contributed by atoms with E-state index in [0.29, 0.717) is 0 Å². The van der Waals surface area contributed by atoms with E-state index in [0.717, 1.165) is 6.08 Å². The molecule has 124 valence electrons. The van der Waals surface area contributed by atoms with Gasteiger partial charge in [-0.3, -0.25) is 4.79 Å². The number of alkyl halides is 4. The highest BCUT2D eigenvalue weighted by atomic mass is 19.4. The average molecular weight is 312 g/mol. The first kappa shape index (κ1) is 19.9. The largest absolute Gasteiger partial charge is 0.512 e. The second-order valence-corrected chi connectivity index (χ2v) is 6.16. The molecule has 0 bridgehead atoms. The molecule has 21 heavy (non-hydrogen) atoms. The Morgan fingerprint density at radius 3 is 1.90 bits per heavy atom. The van der Waals surface area contributed by atoms with Gasteiger partial charge in [-0.15, -0.1) is 0 Å². The maximum atomic E-state index is 13.9. The smallest absolute Gasteiger partial charge is 0.390 e. The lowest BCUT2D eigenvalue weighted by Crippen LogP contribution is -2.33. The topological polar surface area (TPSA) is 37.3 Å². The Morgan fingerprint density at radius 1 is 1.14 bits per heavy atom. The molecular weight excluding hydrogens is 288 g/mol. The van der Waals surface area contributed by atoms with E-state index in [4.69, 9.17) is 0 Å². The Kier molecular flexibility index (Phi) is 6.45. The van der Waals surface area contributed by atoms with Crippen LogP contribution in [-0.4, -0.2) is 22.7 Å². The molecule has 0 aliphatic carbocycles. The van der Waals surface area contributed by atoms with Gasteiger partial charge in [0.15, 0.2) is 5.78 Å². The summed E-state index contributed by atoms with van der Waals surface area (Å²) in [5.74, 6) is -2.33. The van der Waals surface area contributed by atoms with Crippen molar-refractivity contribution >= 4 is 5.78 Å². The van der Waals surface area contributed by atoms with E-state index < -0.39 is 41.1 Å². The quantitative estimate of drug-likeness (QED) is 0.401. The lowest BCUT2D eigenvalue weighted by Gasteiger charge is -2.29. The molecule has 0 rings (SSSR count). The molecule has 0 amide bonds. The van der Waals surface area contributed by atoms with E-state index in [9.17, 15) is 27.5 Å². The molecule has 6 heteroatoms. The molecule has 2 nitrogen and oxygen atoms in total. The number of hydrogen-bond acceptors (Lipinski definition) is 2. The van der Waals surface area contributed by atoms with Gasteiger partial charge in [0.2, 0.25) is 0 Å². The Hall–Kier alpha value is -1.07. The van der Waals surface area contributed by atoms with Crippen LogP contribution in [0.2, 0.25) is 0 Å². The van der Waals surface area contributed by atoms with Gasteiger partial charge in [-0.2, -0.15) is 13.2 Å². The van der Waals surface area contributed by atoms with Gasteiger partial charge in [-0.25, -0.2) is 4.39 Å². The second-order valence-electron chi connectivity index (χ2n) is 6.16. The Morgan fingerprint density at radius 2 is 1.62 bits per heavy atom. The van der Waals surface area contributed by atoms with Crippen molar-refractivity contribution in [2.75, 3.05) is 0 Å². The average Bonchev–Trinajstić information content (AvgIpc) is 2.25. The van der Waals surface area contributed by atoms with Crippen LogP contribution in [0, 0.1) is 11.3 Å². The molecule has 0 saturated carbocycles. The maximum absolute atomic E-state index is 13.9. The molecule has 0 aliphatic rings. The first-order chi connectivity index (χ1) is 9.27. The van der Waals surface area contributed by atoms with E-state index in [1.165, 1.54) is 27.7 Å². The van der Waals surface area contributed by atoms with Gasteiger partial charge >= 0.3 is 6.18 Å². The summed E-state index contributed by atoms with van der Waals surface area (Å²) in [4.78, 5) is 12.0. The van der Waals surface area contributed by atoms with Gasteiger partial charge in [-0.1, -0.05) is 20.8 Å². The summed E-state index contributed by atoms with van der Waals surface area (Å²) in [6, 6.07) is 0. The summed E-state index contributed by atoms with van der Waals surface area (Å²) >= 11 is 0. The fourth-order valence-electron chi connectivity index (χ4n) is 2.27. The van der Waals surface area contributed by atoms with Gasteiger partial charge in [0.25, 0.3) is 0 Å². The van der Waals surface area contributed by atoms with Crippen molar-refractivity contribution in [3.05, 3.63) is 11.8 Å². The lowest BCUT2D eigenvalue weighted by atomic mass is 9.79. The molecule has 0 heterocycles. The van der Waals surface area contributed by atoms with E-state index >= 15 is 0 Å². The van der Waals surface area contributed by atoms with E-state index in [2.05, 4.69) is 0 Å². The van der Waals surface area contributed by atoms with Crippen molar-refractivity contribution < 1.29 is 27.5 Å². The summed E-state index contributed by atoms with van der Waals surface area (Å²) in [5.41, 5.74) is -3.37. The van der Waals surface area contributed by atoms with Crippen molar-refractivity contribution in [2.45, 2.75) is 65.7 Å². The zero-order valence-corrected chi connectivity index (χ0v) is 13.1. The van der Waals surface area contributed by atoms with Crippen LogP contribution in [0.15, 0.2) is 11.8 Å². The predicted molar refractivity (Wildman–Crippen MR) is 73.8 cm³/mol. The summed E-state index contributed by atoms with van der Waals surface area (Å²) in [5, 5.41) is 9.93. The number of carbonyl (C=O) groups is 1. The van der Waals surface area contributed by atoms with Crippen LogP contribution in [0.1, 0.15) is 53.9 Å². The van der Waals surface area contributed by atoms with Crippen molar-refractivity contribution in [3.63, 3.8) is 0 Å². The molecule has 0 aromatic carbocycles. The van der Waals surface area contributed by atoms with Crippen LogP contribution < -0.4 is 0 Å². The highest BCUT2D eigenvalue weighted by Crippen LogP contribution is 2.41. The first-order valence-electron chi connectivity index (χ1n) is 6.97. The fraction of sp³-hybridized carbons (Fsp3) is 0.800. The van der Waals surface area contributed by atoms with Crippen LogP contribution in [-0.2, 0) is 4.79 Å². The van der Waals surface area contributed by atoms with Gasteiger partial charge in [0.05, 0.1) is 12.3 Å². The highest BCUT2D eigenvalue weighted by molar-refractivity contribution is 5.93. The number of ketones is 1. The Bertz CT molecular complexity index is 393. The molecule has 0 fully saturated rings. The number of halogens is 4. The zero-order valence-electron chi connectivity index (χ0n) is 13.1. The van der Waals surface area contributed by atoms with Crippen molar-refractivity contribution in [1.82, 2.24) is 0 Å². The molecule has 0 radical (unpaired) electrons. The van der Waals surface area contributed by atoms with Crippen LogP contribution in [0.4, 0.5) is 17.6 Å². The minimum atomic E-state index is -4.46. The molecular formula is C15H24F4O2. The Balaban J connectivity index is 5.37. The van der Waals surface area contributed by atoms with Crippen LogP contribution in [0.5, 0.6) is 0 Å². The number of carbonyl (C=O) groups excluding carboxylic acids is 1. The third kappa shape index (κ3) is 6.06. The number of aliphatic hydroxyl groups is 1. The summed E-state index contributed by atoms with van der Waals surface area (Å²) in [6.07, 6.45) is -4.72. The van der Waals surface area contributed by atoms with Gasteiger partial charge < -0.3 is 5.11 Å². The summed E-state index contributed by atoms with van der Waals surface area (Å²) < 4.78 is 51.6. The normalized spacial score (nSPS) is 18.2. The maximum Gasteiger partial charge on any atom is 0.390 e. The first-order valence-corrected chi connectivity index (χ1v) is 6.97. The zero-order chi connectivity index (χ0) is 17.1. The minimum Gasteiger partial charge on any atom is -0.512 e. The molecule has 0 aromatic heterocycles. The van der Waals surface area contributed by atoms with Crippen molar-refractivity contribution in [1.29, 1.82) is 0 Å². The van der Waals surface area contributed by atoms with Gasteiger partial charge in [0, 0.05) is 11.5 Å². The van der Waals surface area contributed by atoms with Crippen molar-refractivity contribution in [3.8, 4) is 0 Å². The molecule has 0 aliphatic heterocycles. The number of allylic oxidation sites excluding steroid dienone is 2. The SMILES string of the molecule is CCC(C(=O)/C=C(\O)C(C)(CC)CC(F)(F)F)C(C)(C)F. The standard InChI is InChI=1S/C15H24F4O2/c1-6-10(13(3,4)16)11(20)8-12(21)14(5,7-2)9-15(17,18)19/h8,10,21H,6-7,9H2,1-5H3/b12-8-. The molecule has 2 atom stereocenters. The summed E-state index contributed by atoms with van der Waals surface area (Å²) in [6.45, 7) is 6.82. The van der Waals surface area contributed by atoms with Crippen LogP contribution in [0.25, 0.3) is 0 Å². The highest BCUT2D eigenvalue weighted by Gasteiger charge is 2.42. The molecule has 0 saturated heterocycles. The fourth-order valence-corrected chi connectivity index (χ4v) is 2.27. The number of hydrogen-bond donors (Lipinski definition) is 1. The van der Waals surface area contributed by atoms with E-state index in [-0.39, 0.29) is 12.8 Å². The van der Waals surface area contributed by atoms with E-state index in [1.54, 1.807) is 6.92 Å². The van der Waals surface area contributed by atoms with Crippen molar-refractivity contribution in [2.24, 2.45) is 11.3 Å². The summed E-state index contributed by atoms with van der Waals surface area (Å²) in [7, 11) is 0. The van der Waals surface area contributed by atoms with E-state index in [1.807, 2.05) is 0 Å². The predicted octanol–water partition coefficient (Wildman–Crippen LogP) is 5.14. The minimum absolute atomic E-state index is 0.0118. The number of rotatable bonds is 7.